The average Bonchev–Trinajstić information content (AvgIpc) is 2.61. The first-order chi connectivity index (χ1) is 9.70. The van der Waals surface area contributed by atoms with Gasteiger partial charge in [-0.2, -0.15) is 18.3 Å². The Bertz CT molecular complexity index is 659. The van der Waals surface area contributed by atoms with Gasteiger partial charge >= 0.3 is 6.18 Å². The number of nitrogens with one attached hydrogen (secondary N) is 1. The van der Waals surface area contributed by atoms with Crippen molar-refractivity contribution in [2.75, 3.05) is 5.32 Å². The Morgan fingerprint density at radius 3 is 2.43 bits per heavy atom. The van der Waals surface area contributed by atoms with Gasteiger partial charge in [0.25, 0.3) is 0 Å². The second-order valence-electron chi connectivity index (χ2n) is 4.82. The second kappa shape index (κ2) is 5.38. The summed E-state index contributed by atoms with van der Waals surface area (Å²) in [5, 5.41) is 7.11. The van der Waals surface area contributed by atoms with Crippen LogP contribution in [0.2, 0.25) is 0 Å². The molecule has 21 heavy (non-hydrogen) atoms. The van der Waals surface area contributed by atoms with Gasteiger partial charge in [-0.3, -0.25) is 4.68 Å². The fourth-order valence-corrected chi connectivity index (χ4v) is 2.12. The molecule has 0 saturated heterocycles. The van der Waals surface area contributed by atoms with Gasteiger partial charge in [0.15, 0.2) is 0 Å². The van der Waals surface area contributed by atoms with Crippen LogP contribution in [0, 0.1) is 19.7 Å². The zero-order valence-corrected chi connectivity index (χ0v) is 11.8. The highest BCUT2D eigenvalue weighted by Gasteiger charge is 2.34. The molecule has 1 N–H and O–H groups in total. The first-order valence-corrected chi connectivity index (χ1v) is 6.30. The summed E-state index contributed by atoms with van der Waals surface area (Å²) in [6.07, 6.45) is -4.71. The van der Waals surface area contributed by atoms with E-state index < -0.39 is 17.6 Å². The average molecular weight is 301 g/mol. The Kier molecular flexibility index (Phi) is 3.93. The fraction of sp³-hybridized carbons (Fsp3) is 0.357. The number of halogens is 4. The molecule has 0 saturated carbocycles. The summed E-state index contributed by atoms with van der Waals surface area (Å²) in [5.74, 6) is -1.28. The molecule has 7 heteroatoms. The summed E-state index contributed by atoms with van der Waals surface area (Å²) in [4.78, 5) is 0. The molecule has 1 heterocycles. The van der Waals surface area contributed by atoms with E-state index in [4.69, 9.17) is 0 Å². The molecule has 3 nitrogen and oxygen atoms in total. The monoisotopic (exact) mass is 301 g/mol. The third kappa shape index (κ3) is 3.17. The van der Waals surface area contributed by atoms with E-state index in [9.17, 15) is 17.6 Å². The fourth-order valence-electron chi connectivity index (χ4n) is 2.12. The Hall–Kier alpha value is -2.05. The Balaban J connectivity index is 2.21. The number of hydrogen-bond acceptors (Lipinski definition) is 2. The van der Waals surface area contributed by atoms with Crippen LogP contribution < -0.4 is 5.32 Å². The maximum Gasteiger partial charge on any atom is 0.419 e. The molecule has 0 fully saturated rings. The molecule has 0 bridgehead atoms. The molecule has 2 rings (SSSR count). The second-order valence-corrected chi connectivity index (χ2v) is 4.82. The largest absolute Gasteiger partial charge is 0.419 e. The molecule has 0 radical (unpaired) electrons. The highest BCUT2D eigenvalue weighted by atomic mass is 19.4. The number of anilines is 1. The molecular formula is C14H15F4N3. The van der Waals surface area contributed by atoms with E-state index in [1.54, 1.807) is 11.7 Å². The van der Waals surface area contributed by atoms with Crippen LogP contribution in [0.4, 0.5) is 23.2 Å². The number of alkyl halides is 3. The lowest BCUT2D eigenvalue weighted by Gasteiger charge is -2.12. The van der Waals surface area contributed by atoms with Crippen molar-refractivity contribution in [3.8, 4) is 0 Å². The predicted octanol–water partition coefficient (Wildman–Crippen LogP) is 3.81. The summed E-state index contributed by atoms with van der Waals surface area (Å²) in [5.41, 5.74) is 1.59. The van der Waals surface area contributed by atoms with Crippen molar-refractivity contribution in [1.82, 2.24) is 9.78 Å². The lowest BCUT2D eigenvalue weighted by atomic mass is 10.1. The van der Waals surface area contributed by atoms with Crippen molar-refractivity contribution in [3.63, 3.8) is 0 Å². The van der Waals surface area contributed by atoms with Gasteiger partial charge in [-0.25, -0.2) is 4.39 Å². The van der Waals surface area contributed by atoms with E-state index in [2.05, 4.69) is 10.4 Å². The third-order valence-electron chi connectivity index (χ3n) is 3.40. The van der Waals surface area contributed by atoms with Crippen LogP contribution in [-0.4, -0.2) is 9.78 Å². The van der Waals surface area contributed by atoms with Gasteiger partial charge in [0.1, 0.15) is 5.82 Å². The molecule has 1 aromatic carbocycles. The number of rotatable bonds is 3. The van der Waals surface area contributed by atoms with Crippen LogP contribution in [0.1, 0.15) is 22.5 Å². The first kappa shape index (κ1) is 15.3. The number of aryl methyl sites for hydroxylation is 2. The minimum Gasteiger partial charge on any atom is -0.381 e. The molecule has 114 valence electrons. The van der Waals surface area contributed by atoms with Crippen molar-refractivity contribution >= 4 is 5.69 Å². The lowest BCUT2D eigenvalue weighted by molar-refractivity contribution is -0.139. The van der Waals surface area contributed by atoms with E-state index in [0.717, 1.165) is 29.1 Å². The van der Waals surface area contributed by atoms with Crippen LogP contribution >= 0.6 is 0 Å². The van der Waals surface area contributed by atoms with Crippen molar-refractivity contribution in [2.45, 2.75) is 26.6 Å². The Morgan fingerprint density at radius 2 is 1.90 bits per heavy atom. The van der Waals surface area contributed by atoms with Crippen molar-refractivity contribution in [1.29, 1.82) is 0 Å². The van der Waals surface area contributed by atoms with Gasteiger partial charge in [0.2, 0.25) is 0 Å². The van der Waals surface area contributed by atoms with E-state index >= 15 is 0 Å². The van der Waals surface area contributed by atoms with Gasteiger partial charge in [0, 0.05) is 30.5 Å². The molecule has 0 atom stereocenters. The van der Waals surface area contributed by atoms with Crippen molar-refractivity contribution < 1.29 is 17.6 Å². The lowest BCUT2D eigenvalue weighted by Crippen LogP contribution is -2.09. The van der Waals surface area contributed by atoms with E-state index in [1.807, 2.05) is 13.8 Å². The summed E-state index contributed by atoms with van der Waals surface area (Å²) in [6, 6.07) is 2.87. The molecule has 2 aromatic rings. The topological polar surface area (TPSA) is 29.9 Å². The molecule has 0 aliphatic heterocycles. The van der Waals surface area contributed by atoms with Crippen LogP contribution in [0.5, 0.6) is 0 Å². The molecule has 1 aromatic heterocycles. The smallest absolute Gasteiger partial charge is 0.381 e. The first-order valence-electron chi connectivity index (χ1n) is 6.30. The Morgan fingerprint density at radius 1 is 1.24 bits per heavy atom. The van der Waals surface area contributed by atoms with Crippen LogP contribution in [0.3, 0.4) is 0 Å². The van der Waals surface area contributed by atoms with Gasteiger partial charge in [-0.05, 0) is 32.0 Å². The van der Waals surface area contributed by atoms with Crippen molar-refractivity contribution in [3.05, 3.63) is 46.5 Å². The summed E-state index contributed by atoms with van der Waals surface area (Å²) in [6.45, 7) is 4.03. The molecule has 0 aliphatic carbocycles. The maximum atomic E-state index is 13.2. The number of aromatic nitrogens is 2. The maximum absolute atomic E-state index is 13.2. The van der Waals surface area contributed by atoms with Gasteiger partial charge in [-0.15, -0.1) is 0 Å². The number of benzene rings is 1. The number of nitrogens with zero attached hydrogens (tertiary/aromatic N) is 2. The zero-order chi connectivity index (χ0) is 15.8. The highest BCUT2D eigenvalue weighted by Crippen LogP contribution is 2.33. The molecular weight excluding hydrogens is 286 g/mol. The predicted molar refractivity (Wildman–Crippen MR) is 71.4 cm³/mol. The third-order valence-corrected chi connectivity index (χ3v) is 3.40. The van der Waals surface area contributed by atoms with E-state index in [-0.39, 0.29) is 5.69 Å². The van der Waals surface area contributed by atoms with E-state index in [1.165, 1.54) is 6.07 Å². The SMILES string of the molecule is Cc1nn(C)c(C)c1CNc1ccc(F)c(C(F)(F)F)c1. The quantitative estimate of drug-likeness (QED) is 0.874. The normalized spacial score (nSPS) is 11.8. The molecule has 0 spiro atoms. The minimum absolute atomic E-state index is 0.214. The van der Waals surface area contributed by atoms with Crippen LogP contribution in [0.25, 0.3) is 0 Å². The number of hydrogen-bond donors (Lipinski definition) is 1. The molecule has 0 unspecified atom stereocenters. The molecule has 0 amide bonds. The van der Waals surface area contributed by atoms with Crippen LogP contribution in [0.15, 0.2) is 18.2 Å². The molecule has 0 aliphatic rings. The minimum atomic E-state index is -4.71. The van der Waals surface area contributed by atoms with Crippen LogP contribution in [-0.2, 0) is 19.8 Å². The van der Waals surface area contributed by atoms with Gasteiger partial charge < -0.3 is 5.32 Å². The van der Waals surface area contributed by atoms with Gasteiger partial charge in [0.05, 0.1) is 11.3 Å². The standard InChI is InChI=1S/C14H15F4N3/c1-8-11(9(2)21(3)20-8)7-19-10-4-5-13(15)12(6-10)14(16,17)18/h4-6,19H,7H2,1-3H3. The highest BCUT2D eigenvalue weighted by molar-refractivity contribution is 5.48. The van der Waals surface area contributed by atoms with Crippen molar-refractivity contribution in [2.24, 2.45) is 7.05 Å². The zero-order valence-electron chi connectivity index (χ0n) is 11.8. The summed E-state index contributed by atoms with van der Waals surface area (Å²) in [7, 11) is 1.80. The van der Waals surface area contributed by atoms with Gasteiger partial charge in [-0.1, -0.05) is 0 Å². The van der Waals surface area contributed by atoms with E-state index in [0.29, 0.717) is 6.54 Å². The summed E-state index contributed by atoms with van der Waals surface area (Å²) < 4.78 is 52.8. The Labute approximate surface area is 119 Å². The summed E-state index contributed by atoms with van der Waals surface area (Å²) >= 11 is 0.